The quantitative estimate of drug-likeness (QED) is 0.502. The van der Waals surface area contributed by atoms with Crippen LogP contribution in [0.4, 0.5) is 4.79 Å². The van der Waals surface area contributed by atoms with Crippen LogP contribution in [-0.2, 0) is 31.3 Å². The first kappa shape index (κ1) is 23.0. The third-order valence-electron chi connectivity index (χ3n) is 6.44. The van der Waals surface area contributed by atoms with E-state index in [1.807, 2.05) is 48.5 Å². The van der Waals surface area contributed by atoms with Gasteiger partial charge in [0.15, 0.2) is 15.7 Å². The maximum Gasteiger partial charge on any atom is 0.408 e. The van der Waals surface area contributed by atoms with Gasteiger partial charge in [-0.05, 0) is 28.7 Å². The van der Waals surface area contributed by atoms with Gasteiger partial charge in [0.1, 0.15) is 12.1 Å². The van der Waals surface area contributed by atoms with E-state index in [9.17, 15) is 18.0 Å². The molecule has 0 spiro atoms. The van der Waals surface area contributed by atoms with E-state index in [2.05, 4.69) is 15.5 Å². The van der Waals surface area contributed by atoms with E-state index in [0.717, 1.165) is 22.3 Å². The first-order valence-corrected chi connectivity index (χ1v) is 13.0. The van der Waals surface area contributed by atoms with Crippen molar-refractivity contribution in [3.05, 3.63) is 71.4 Å². The van der Waals surface area contributed by atoms with Crippen LogP contribution >= 0.6 is 0 Å². The molecule has 2 aromatic carbocycles. The Labute approximate surface area is 201 Å². The summed E-state index contributed by atoms with van der Waals surface area (Å²) in [5.41, 5.74) is 2.89. The molecular formula is C24H23N3O7S. The molecule has 2 N–H and O–H groups in total. The number of hydrogen-bond donors (Lipinski definition) is 2. The summed E-state index contributed by atoms with van der Waals surface area (Å²) < 4.78 is 35.3. The average Bonchev–Trinajstić information content (AvgIpc) is 3.51. The van der Waals surface area contributed by atoms with E-state index >= 15 is 0 Å². The standard InChI is InChI=1S/C24H23N3O7S/c28-21(29)10-9-20-25-22(27-34-20)24(11-12-35(31,32)14-24)26-23(30)33-13-19-17-7-3-1-5-15(17)16-6-2-4-8-18(16)19/h1-8,19H,9-14H2,(H,26,30)(H,28,29). The van der Waals surface area contributed by atoms with Gasteiger partial charge in [-0.3, -0.25) is 4.79 Å². The molecule has 3 aromatic rings. The maximum atomic E-state index is 12.9. The molecule has 182 valence electrons. The number of nitrogens with one attached hydrogen (secondary N) is 1. The summed E-state index contributed by atoms with van der Waals surface area (Å²) in [7, 11) is -3.46. The highest BCUT2D eigenvalue weighted by atomic mass is 32.2. The molecule has 2 aliphatic rings. The zero-order valence-electron chi connectivity index (χ0n) is 18.6. The summed E-state index contributed by atoms with van der Waals surface area (Å²) >= 11 is 0. The lowest BCUT2D eigenvalue weighted by molar-refractivity contribution is -0.137. The number of carboxylic acid groups (broad SMARTS) is 1. The molecule has 0 radical (unpaired) electrons. The normalized spacial score (nSPS) is 20.2. The van der Waals surface area contributed by atoms with Crippen LogP contribution in [0.3, 0.4) is 0 Å². The zero-order chi connectivity index (χ0) is 24.6. The molecule has 11 heteroatoms. The van der Waals surface area contributed by atoms with Crippen molar-refractivity contribution in [2.75, 3.05) is 18.1 Å². The Bertz CT molecular complexity index is 1360. The maximum absolute atomic E-state index is 12.9. The molecule has 1 unspecified atom stereocenters. The fourth-order valence-corrected chi connectivity index (χ4v) is 6.68. The smallest absolute Gasteiger partial charge is 0.408 e. The summed E-state index contributed by atoms with van der Waals surface area (Å²) in [5.74, 6) is -1.69. The minimum atomic E-state index is -3.46. The first-order valence-electron chi connectivity index (χ1n) is 11.1. The van der Waals surface area contributed by atoms with Crippen molar-refractivity contribution in [2.45, 2.75) is 30.7 Å². The predicted octanol–water partition coefficient (Wildman–Crippen LogP) is 2.64. The predicted molar refractivity (Wildman–Crippen MR) is 123 cm³/mol. The number of fused-ring (bicyclic) bond motifs is 3. The van der Waals surface area contributed by atoms with Crippen LogP contribution < -0.4 is 5.32 Å². The molecular weight excluding hydrogens is 474 g/mol. The number of rotatable bonds is 7. The number of carboxylic acids is 1. The number of alkyl carbamates (subject to hydrolysis) is 1. The molecule has 0 bridgehead atoms. The Morgan fingerprint density at radius 2 is 1.77 bits per heavy atom. The molecule has 1 amide bonds. The van der Waals surface area contributed by atoms with Crippen LogP contribution in [0.2, 0.25) is 0 Å². The molecule has 10 nitrogen and oxygen atoms in total. The van der Waals surface area contributed by atoms with Crippen LogP contribution in [0.25, 0.3) is 11.1 Å². The number of hydrogen-bond acceptors (Lipinski definition) is 8. The molecule has 1 fully saturated rings. The fourth-order valence-electron chi connectivity index (χ4n) is 4.77. The van der Waals surface area contributed by atoms with Gasteiger partial charge in [0, 0.05) is 12.3 Å². The minimum absolute atomic E-state index is 0.00386. The molecule has 1 aliphatic carbocycles. The number of aryl methyl sites for hydroxylation is 1. The van der Waals surface area contributed by atoms with Gasteiger partial charge in [-0.1, -0.05) is 53.7 Å². The molecule has 5 rings (SSSR count). The number of amides is 1. The lowest BCUT2D eigenvalue weighted by Crippen LogP contribution is -2.48. The number of carbonyl (C=O) groups is 2. The van der Waals surface area contributed by atoms with Crippen LogP contribution in [0.15, 0.2) is 53.1 Å². The molecule has 0 saturated carbocycles. The van der Waals surface area contributed by atoms with E-state index in [-0.39, 0.29) is 49.3 Å². The Morgan fingerprint density at radius 3 is 2.37 bits per heavy atom. The van der Waals surface area contributed by atoms with Crippen molar-refractivity contribution in [3.63, 3.8) is 0 Å². The van der Waals surface area contributed by atoms with Crippen molar-refractivity contribution in [1.29, 1.82) is 0 Å². The van der Waals surface area contributed by atoms with Crippen LogP contribution in [0.5, 0.6) is 0 Å². The highest BCUT2D eigenvalue weighted by Crippen LogP contribution is 2.44. The monoisotopic (exact) mass is 497 g/mol. The molecule has 1 atom stereocenters. The number of ether oxygens (including phenoxy) is 1. The second-order valence-electron chi connectivity index (χ2n) is 8.78. The Morgan fingerprint density at radius 1 is 1.11 bits per heavy atom. The van der Waals surface area contributed by atoms with Gasteiger partial charge in [0.25, 0.3) is 0 Å². The summed E-state index contributed by atoms with van der Waals surface area (Å²) in [6, 6.07) is 15.9. The number of benzene rings is 2. The molecule has 1 aliphatic heterocycles. The van der Waals surface area contributed by atoms with E-state index in [4.69, 9.17) is 14.4 Å². The fraction of sp³-hybridized carbons (Fsp3) is 0.333. The van der Waals surface area contributed by atoms with Gasteiger partial charge < -0.3 is 19.7 Å². The van der Waals surface area contributed by atoms with Gasteiger partial charge in [-0.25, -0.2) is 13.2 Å². The Kier molecular flexibility index (Phi) is 5.79. The van der Waals surface area contributed by atoms with E-state index in [1.165, 1.54) is 0 Å². The van der Waals surface area contributed by atoms with Gasteiger partial charge in [0.2, 0.25) is 5.89 Å². The second kappa shape index (κ2) is 8.81. The summed E-state index contributed by atoms with van der Waals surface area (Å²) in [4.78, 5) is 27.9. The number of carbonyl (C=O) groups excluding carboxylic acids is 1. The molecule has 1 aromatic heterocycles. The number of sulfone groups is 1. The second-order valence-corrected chi connectivity index (χ2v) is 11.0. The average molecular weight is 498 g/mol. The van der Waals surface area contributed by atoms with Crippen LogP contribution in [0.1, 0.15) is 41.6 Å². The van der Waals surface area contributed by atoms with Crippen molar-refractivity contribution in [3.8, 4) is 11.1 Å². The highest BCUT2D eigenvalue weighted by molar-refractivity contribution is 7.91. The van der Waals surface area contributed by atoms with Crippen molar-refractivity contribution < 1.29 is 32.4 Å². The van der Waals surface area contributed by atoms with Gasteiger partial charge in [-0.15, -0.1) is 0 Å². The van der Waals surface area contributed by atoms with Crippen molar-refractivity contribution in [1.82, 2.24) is 15.5 Å². The van der Waals surface area contributed by atoms with Crippen molar-refractivity contribution in [2.24, 2.45) is 0 Å². The third-order valence-corrected chi connectivity index (χ3v) is 8.20. The van der Waals surface area contributed by atoms with Crippen LogP contribution in [0, 0.1) is 0 Å². The van der Waals surface area contributed by atoms with E-state index in [1.54, 1.807) is 0 Å². The topological polar surface area (TPSA) is 149 Å². The summed E-state index contributed by atoms with van der Waals surface area (Å²) in [6.45, 7) is 0.0682. The highest BCUT2D eigenvalue weighted by Gasteiger charge is 2.49. The van der Waals surface area contributed by atoms with E-state index < -0.39 is 33.2 Å². The third kappa shape index (κ3) is 4.51. The first-order chi connectivity index (χ1) is 16.8. The SMILES string of the molecule is O=C(O)CCc1nc(C2(NC(=O)OCC3c4ccccc4-c4ccccc43)CCS(=O)(=O)C2)no1. The number of nitrogens with zero attached hydrogens (tertiary/aromatic N) is 2. The van der Waals surface area contributed by atoms with Crippen LogP contribution in [-0.4, -0.2) is 53.8 Å². The lowest BCUT2D eigenvalue weighted by Gasteiger charge is -2.25. The minimum Gasteiger partial charge on any atom is -0.481 e. The molecule has 2 heterocycles. The number of aromatic nitrogens is 2. The van der Waals surface area contributed by atoms with Gasteiger partial charge in [0.05, 0.1) is 17.9 Å². The largest absolute Gasteiger partial charge is 0.481 e. The summed E-state index contributed by atoms with van der Waals surface area (Å²) in [6.07, 6.45) is -0.957. The van der Waals surface area contributed by atoms with Gasteiger partial charge in [-0.2, -0.15) is 4.98 Å². The summed E-state index contributed by atoms with van der Waals surface area (Å²) in [5, 5.41) is 15.4. The van der Waals surface area contributed by atoms with Gasteiger partial charge >= 0.3 is 12.1 Å². The van der Waals surface area contributed by atoms with Crippen molar-refractivity contribution >= 4 is 21.9 Å². The lowest BCUT2D eigenvalue weighted by atomic mass is 9.98. The Hall–Kier alpha value is -3.73. The molecule has 35 heavy (non-hydrogen) atoms. The Balaban J connectivity index is 1.33. The molecule has 1 saturated heterocycles. The van der Waals surface area contributed by atoms with E-state index in [0.29, 0.717) is 0 Å². The number of aliphatic carboxylic acids is 1. The zero-order valence-corrected chi connectivity index (χ0v) is 19.5.